The first-order valence-electron chi connectivity index (χ1n) is 10.1. The second kappa shape index (κ2) is 10.2. The maximum absolute atomic E-state index is 5.93. The Hall–Kier alpha value is -2.70. The van der Waals surface area contributed by atoms with Gasteiger partial charge in [-0.1, -0.05) is 48.9 Å². The quantitative estimate of drug-likeness (QED) is 0.417. The summed E-state index contributed by atoms with van der Waals surface area (Å²) < 4.78 is 5.93. The number of hydrogen-bond donors (Lipinski definition) is 1. The van der Waals surface area contributed by atoms with Crippen LogP contribution in [-0.4, -0.2) is 42.3 Å². The van der Waals surface area contributed by atoms with Gasteiger partial charge in [0.1, 0.15) is 12.4 Å². The fraction of sp³-hybridized carbons (Fsp3) is 0.304. The Morgan fingerprint density at radius 1 is 1.07 bits per heavy atom. The third kappa shape index (κ3) is 5.89. The van der Waals surface area contributed by atoms with Crippen LogP contribution in [0, 0.1) is 0 Å². The van der Waals surface area contributed by atoms with E-state index in [1.807, 2.05) is 47.8 Å². The Morgan fingerprint density at radius 2 is 1.93 bits per heavy atom. The first kappa shape index (κ1) is 19.6. The van der Waals surface area contributed by atoms with Gasteiger partial charge in [-0.3, -0.25) is 10.3 Å². The number of likely N-dealkylation sites (tertiary alicyclic amines) is 1. The molecule has 6 heteroatoms. The molecule has 1 fully saturated rings. The minimum absolute atomic E-state index is 0.722. The molecule has 0 spiro atoms. The highest BCUT2D eigenvalue weighted by molar-refractivity contribution is 7.14. The molecule has 0 saturated carbocycles. The van der Waals surface area contributed by atoms with E-state index in [0.717, 1.165) is 40.9 Å². The van der Waals surface area contributed by atoms with Crippen LogP contribution in [0.2, 0.25) is 0 Å². The number of nitrogens with one attached hydrogen (secondary N) is 1. The molecule has 0 atom stereocenters. The normalized spacial score (nSPS) is 14.9. The number of hydrogen-bond acceptors (Lipinski definition) is 6. The van der Waals surface area contributed by atoms with Crippen LogP contribution in [-0.2, 0) is 0 Å². The van der Waals surface area contributed by atoms with Crippen molar-refractivity contribution in [2.45, 2.75) is 19.3 Å². The van der Waals surface area contributed by atoms with E-state index in [9.17, 15) is 0 Å². The molecular formula is C23H26N4OS. The zero-order valence-electron chi connectivity index (χ0n) is 16.5. The van der Waals surface area contributed by atoms with Gasteiger partial charge in [0.25, 0.3) is 0 Å². The molecule has 1 saturated heterocycles. The van der Waals surface area contributed by atoms with Crippen LogP contribution >= 0.6 is 11.3 Å². The van der Waals surface area contributed by atoms with Gasteiger partial charge in [0.15, 0.2) is 0 Å². The Morgan fingerprint density at radius 3 is 2.79 bits per heavy atom. The average Bonchev–Trinajstić information content (AvgIpc) is 3.25. The molecule has 0 unspecified atom stereocenters. The summed E-state index contributed by atoms with van der Waals surface area (Å²) in [6.07, 6.45) is 5.78. The van der Waals surface area contributed by atoms with Crippen molar-refractivity contribution in [2.75, 3.05) is 31.7 Å². The molecule has 1 N–H and O–H groups in total. The molecule has 3 aromatic rings. The highest BCUT2D eigenvalue weighted by atomic mass is 32.1. The number of thiazole rings is 1. The Balaban J connectivity index is 1.27. The SMILES string of the molecule is C(=NNc1nc(-c2ccccc2)cs1)c1cccc(OCCN2CCCCC2)c1. The lowest BCUT2D eigenvalue weighted by Crippen LogP contribution is -2.33. The fourth-order valence-electron chi connectivity index (χ4n) is 3.39. The first-order valence-corrected chi connectivity index (χ1v) is 11.0. The van der Waals surface area contributed by atoms with Gasteiger partial charge in [-0.05, 0) is 43.6 Å². The van der Waals surface area contributed by atoms with Crippen molar-refractivity contribution in [3.05, 3.63) is 65.5 Å². The Kier molecular flexibility index (Phi) is 6.89. The van der Waals surface area contributed by atoms with E-state index in [2.05, 4.69) is 32.5 Å². The van der Waals surface area contributed by atoms with Crippen LogP contribution in [0.5, 0.6) is 5.75 Å². The molecule has 2 heterocycles. The molecular weight excluding hydrogens is 380 g/mol. The third-order valence-electron chi connectivity index (χ3n) is 4.93. The number of rotatable bonds is 8. The van der Waals surface area contributed by atoms with E-state index in [1.165, 1.54) is 32.4 Å². The molecule has 0 aliphatic carbocycles. The van der Waals surface area contributed by atoms with Gasteiger partial charge in [0.05, 0.1) is 11.9 Å². The largest absolute Gasteiger partial charge is 0.492 e. The van der Waals surface area contributed by atoms with Gasteiger partial charge in [-0.25, -0.2) is 4.98 Å². The summed E-state index contributed by atoms with van der Waals surface area (Å²) in [4.78, 5) is 7.06. The van der Waals surface area contributed by atoms with Crippen molar-refractivity contribution < 1.29 is 4.74 Å². The third-order valence-corrected chi connectivity index (χ3v) is 5.68. The molecule has 150 valence electrons. The molecule has 2 aromatic carbocycles. The molecule has 29 heavy (non-hydrogen) atoms. The molecule has 1 aromatic heterocycles. The lowest BCUT2D eigenvalue weighted by atomic mass is 10.1. The summed E-state index contributed by atoms with van der Waals surface area (Å²) in [7, 11) is 0. The van der Waals surface area contributed by atoms with Crippen LogP contribution in [0.4, 0.5) is 5.13 Å². The molecule has 0 bridgehead atoms. The van der Waals surface area contributed by atoms with E-state index >= 15 is 0 Å². The summed E-state index contributed by atoms with van der Waals surface area (Å²) in [5, 5.41) is 7.13. The number of piperidine rings is 1. The van der Waals surface area contributed by atoms with Crippen molar-refractivity contribution in [1.82, 2.24) is 9.88 Å². The molecule has 0 amide bonds. The van der Waals surface area contributed by atoms with Gasteiger partial charge >= 0.3 is 0 Å². The topological polar surface area (TPSA) is 49.8 Å². The standard InChI is InChI=1S/C23H26N4OS/c1-3-9-20(10-4-1)22-18-29-23(25-22)26-24-17-19-8-7-11-21(16-19)28-15-14-27-12-5-2-6-13-27/h1,3-4,7-11,16-18H,2,5-6,12-15H2,(H,25,26). The summed E-state index contributed by atoms with van der Waals surface area (Å²) in [5.74, 6) is 0.881. The smallest absolute Gasteiger partial charge is 0.203 e. The van der Waals surface area contributed by atoms with Gasteiger partial charge in [0.2, 0.25) is 5.13 Å². The predicted octanol–water partition coefficient (Wildman–Crippen LogP) is 5.12. The zero-order valence-corrected chi connectivity index (χ0v) is 17.3. The maximum atomic E-state index is 5.93. The molecule has 0 radical (unpaired) electrons. The highest BCUT2D eigenvalue weighted by Gasteiger charge is 2.09. The van der Waals surface area contributed by atoms with E-state index in [1.54, 1.807) is 17.6 Å². The van der Waals surface area contributed by atoms with Crippen molar-refractivity contribution in [1.29, 1.82) is 0 Å². The van der Waals surface area contributed by atoms with Crippen molar-refractivity contribution in [3.8, 4) is 17.0 Å². The second-order valence-electron chi connectivity index (χ2n) is 7.10. The monoisotopic (exact) mass is 406 g/mol. The number of ether oxygens (including phenoxy) is 1. The van der Waals surface area contributed by atoms with Crippen LogP contribution in [0.15, 0.2) is 65.1 Å². The van der Waals surface area contributed by atoms with Gasteiger partial charge in [-0.15, -0.1) is 11.3 Å². The summed E-state index contributed by atoms with van der Waals surface area (Å²) in [6.45, 7) is 4.11. The number of nitrogens with zero attached hydrogens (tertiary/aromatic N) is 3. The summed E-state index contributed by atoms with van der Waals surface area (Å²) in [5.41, 5.74) is 6.07. The minimum atomic E-state index is 0.722. The number of aromatic nitrogens is 1. The molecule has 5 nitrogen and oxygen atoms in total. The maximum Gasteiger partial charge on any atom is 0.203 e. The van der Waals surface area contributed by atoms with Crippen LogP contribution in [0.25, 0.3) is 11.3 Å². The number of hydrazone groups is 1. The molecule has 1 aliphatic heterocycles. The zero-order chi connectivity index (χ0) is 19.7. The second-order valence-corrected chi connectivity index (χ2v) is 7.96. The molecule has 4 rings (SSSR count). The van der Waals surface area contributed by atoms with Gasteiger partial charge < -0.3 is 4.74 Å². The van der Waals surface area contributed by atoms with Crippen molar-refractivity contribution >= 4 is 22.7 Å². The fourth-order valence-corrected chi connectivity index (χ4v) is 4.06. The number of anilines is 1. The summed E-state index contributed by atoms with van der Waals surface area (Å²) in [6, 6.07) is 18.2. The van der Waals surface area contributed by atoms with E-state index in [-0.39, 0.29) is 0 Å². The van der Waals surface area contributed by atoms with E-state index < -0.39 is 0 Å². The van der Waals surface area contributed by atoms with E-state index in [0.29, 0.717) is 0 Å². The summed E-state index contributed by atoms with van der Waals surface area (Å²) >= 11 is 1.54. The lowest BCUT2D eigenvalue weighted by molar-refractivity contribution is 0.183. The van der Waals surface area contributed by atoms with Crippen molar-refractivity contribution in [2.24, 2.45) is 5.10 Å². The van der Waals surface area contributed by atoms with Crippen molar-refractivity contribution in [3.63, 3.8) is 0 Å². The minimum Gasteiger partial charge on any atom is -0.492 e. The van der Waals surface area contributed by atoms with Crippen LogP contribution < -0.4 is 10.2 Å². The number of benzene rings is 2. The predicted molar refractivity (Wildman–Crippen MR) is 121 cm³/mol. The molecule has 1 aliphatic rings. The van der Waals surface area contributed by atoms with E-state index in [4.69, 9.17) is 4.74 Å². The highest BCUT2D eigenvalue weighted by Crippen LogP contribution is 2.24. The average molecular weight is 407 g/mol. The van der Waals surface area contributed by atoms with Crippen LogP contribution in [0.3, 0.4) is 0 Å². The van der Waals surface area contributed by atoms with Gasteiger partial charge in [0, 0.05) is 17.5 Å². The Labute approximate surface area is 176 Å². The first-order chi connectivity index (χ1) is 14.4. The lowest BCUT2D eigenvalue weighted by Gasteiger charge is -2.26. The Bertz CT molecular complexity index is 919. The van der Waals surface area contributed by atoms with Crippen LogP contribution in [0.1, 0.15) is 24.8 Å². The van der Waals surface area contributed by atoms with Gasteiger partial charge in [-0.2, -0.15) is 5.10 Å².